The first kappa shape index (κ1) is 15.0. The number of carbonyl (C=O) groups is 1. The normalized spacial score (nSPS) is 10.9. The molecule has 0 N–H and O–H groups in total. The van der Waals surface area contributed by atoms with E-state index in [-0.39, 0.29) is 5.78 Å². The molecule has 2 nitrogen and oxygen atoms in total. The van der Waals surface area contributed by atoms with Crippen molar-refractivity contribution in [2.75, 3.05) is 7.11 Å². The van der Waals surface area contributed by atoms with Gasteiger partial charge in [-0.05, 0) is 67.8 Å². The average Bonchev–Trinajstić information content (AvgIpc) is 2.46. The van der Waals surface area contributed by atoms with Crippen LogP contribution in [-0.2, 0) is 0 Å². The zero-order valence-corrected chi connectivity index (χ0v) is 12.9. The first-order valence-corrected chi connectivity index (χ1v) is 6.95. The van der Waals surface area contributed by atoms with Crippen LogP contribution in [0.5, 0.6) is 5.75 Å². The molecule has 0 atom stereocenters. The van der Waals surface area contributed by atoms with Crippen molar-refractivity contribution in [3.8, 4) is 5.75 Å². The van der Waals surface area contributed by atoms with E-state index < -0.39 is 0 Å². The number of methoxy groups -OCH3 is 1. The molecule has 0 aromatic heterocycles. The monoisotopic (exact) mass is 280 g/mol. The second-order valence-electron chi connectivity index (χ2n) is 5.24. The van der Waals surface area contributed by atoms with Crippen molar-refractivity contribution in [1.29, 1.82) is 0 Å². The molecule has 108 valence electrons. The summed E-state index contributed by atoms with van der Waals surface area (Å²) in [6, 6.07) is 11.4. The highest BCUT2D eigenvalue weighted by atomic mass is 16.5. The highest BCUT2D eigenvalue weighted by molar-refractivity contribution is 6.07. The van der Waals surface area contributed by atoms with Crippen molar-refractivity contribution in [3.63, 3.8) is 0 Å². The maximum Gasteiger partial charge on any atom is 0.185 e. The van der Waals surface area contributed by atoms with Gasteiger partial charge in [0.25, 0.3) is 0 Å². The Morgan fingerprint density at radius 1 is 1.00 bits per heavy atom. The van der Waals surface area contributed by atoms with Crippen LogP contribution in [-0.4, -0.2) is 12.9 Å². The van der Waals surface area contributed by atoms with Gasteiger partial charge in [0.1, 0.15) is 5.75 Å². The lowest BCUT2D eigenvalue weighted by molar-refractivity contribution is 0.104. The number of rotatable bonds is 4. The molecule has 2 rings (SSSR count). The number of carbonyl (C=O) groups excluding carboxylic acids is 1. The highest BCUT2D eigenvalue weighted by Gasteiger charge is 2.04. The Bertz CT molecular complexity index is 656. The van der Waals surface area contributed by atoms with Crippen LogP contribution in [0.25, 0.3) is 6.08 Å². The van der Waals surface area contributed by atoms with Gasteiger partial charge >= 0.3 is 0 Å². The minimum atomic E-state index is -0.00275. The minimum absolute atomic E-state index is 0.00275. The molecule has 0 fully saturated rings. The number of ether oxygens (including phenoxy) is 1. The molecule has 0 aliphatic rings. The third-order valence-corrected chi connectivity index (χ3v) is 3.51. The first-order valence-electron chi connectivity index (χ1n) is 6.95. The second-order valence-corrected chi connectivity index (χ2v) is 5.24. The molecule has 0 bridgehead atoms. The molecule has 0 radical (unpaired) electrons. The van der Waals surface area contributed by atoms with Gasteiger partial charge in [0.05, 0.1) is 7.11 Å². The largest absolute Gasteiger partial charge is 0.497 e. The summed E-state index contributed by atoms with van der Waals surface area (Å²) in [5.74, 6) is 0.748. The standard InChI is InChI=1S/C19H20O2/c1-13-11-14(2)18(15(3)12-13)9-10-19(20)16-5-7-17(21-4)8-6-16/h5-12H,1-4H3. The molecule has 2 aromatic rings. The van der Waals surface area contributed by atoms with Crippen LogP contribution in [0.3, 0.4) is 0 Å². The summed E-state index contributed by atoms with van der Waals surface area (Å²) >= 11 is 0. The van der Waals surface area contributed by atoms with Gasteiger partial charge in [0.15, 0.2) is 5.78 Å². The molecule has 2 aromatic carbocycles. The molecular weight excluding hydrogens is 260 g/mol. The maximum absolute atomic E-state index is 12.2. The van der Waals surface area contributed by atoms with Gasteiger partial charge < -0.3 is 4.74 Å². The van der Waals surface area contributed by atoms with E-state index in [4.69, 9.17) is 4.74 Å². The predicted molar refractivity (Wildman–Crippen MR) is 87.0 cm³/mol. The van der Waals surface area contributed by atoms with Gasteiger partial charge in [0.2, 0.25) is 0 Å². The summed E-state index contributed by atoms with van der Waals surface area (Å²) < 4.78 is 5.09. The third-order valence-electron chi connectivity index (χ3n) is 3.51. The molecule has 21 heavy (non-hydrogen) atoms. The lowest BCUT2D eigenvalue weighted by Gasteiger charge is -2.07. The fourth-order valence-corrected chi connectivity index (χ4v) is 2.46. The van der Waals surface area contributed by atoms with E-state index in [1.54, 1.807) is 37.5 Å². The smallest absolute Gasteiger partial charge is 0.185 e. The van der Waals surface area contributed by atoms with Crippen LogP contribution in [0.2, 0.25) is 0 Å². The summed E-state index contributed by atoms with van der Waals surface area (Å²) in [5, 5.41) is 0. The Morgan fingerprint density at radius 3 is 2.10 bits per heavy atom. The van der Waals surface area contributed by atoms with Crippen LogP contribution in [0.1, 0.15) is 32.6 Å². The topological polar surface area (TPSA) is 26.3 Å². The molecule has 0 heterocycles. The number of hydrogen-bond acceptors (Lipinski definition) is 2. The number of benzene rings is 2. The van der Waals surface area contributed by atoms with Crippen molar-refractivity contribution in [2.24, 2.45) is 0 Å². The van der Waals surface area contributed by atoms with Crippen LogP contribution < -0.4 is 4.74 Å². The first-order chi connectivity index (χ1) is 10.0. The number of ketones is 1. The van der Waals surface area contributed by atoms with E-state index in [0.29, 0.717) is 5.56 Å². The number of hydrogen-bond donors (Lipinski definition) is 0. The minimum Gasteiger partial charge on any atom is -0.497 e. The lowest BCUT2D eigenvalue weighted by Crippen LogP contribution is -1.95. The van der Waals surface area contributed by atoms with E-state index in [1.807, 2.05) is 6.08 Å². The van der Waals surface area contributed by atoms with Gasteiger partial charge in [-0.15, -0.1) is 0 Å². The van der Waals surface area contributed by atoms with Gasteiger partial charge in [-0.1, -0.05) is 23.8 Å². The molecule has 2 heteroatoms. The van der Waals surface area contributed by atoms with Crippen molar-refractivity contribution < 1.29 is 9.53 Å². The van der Waals surface area contributed by atoms with Gasteiger partial charge in [0, 0.05) is 5.56 Å². The summed E-state index contributed by atoms with van der Waals surface area (Å²) in [4.78, 5) is 12.2. The zero-order valence-electron chi connectivity index (χ0n) is 12.9. The molecular formula is C19H20O2. The predicted octanol–water partition coefficient (Wildman–Crippen LogP) is 4.52. The van der Waals surface area contributed by atoms with Crippen LogP contribution in [0.4, 0.5) is 0 Å². The molecule has 0 aliphatic heterocycles. The summed E-state index contributed by atoms with van der Waals surface area (Å²) in [6.45, 7) is 6.21. The molecule has 0 amide bonds. The second kappa shape index (κ2) is 6.40. The molecule has 0 aliphatic carbocycles. The Morgan fingerprint density at radius 2 is 1.57 bits per heavy atom. The number of aryl methyl sites for hydroxylation is 3. The van der Waals surface area contributed by atoms with Gasteiger partial charge in [-0.2, -0.15) is 0 Å². The van der Waals surface area contributed by atoms with E-state index in [0.717, 1.165) is 11.3 Å². The zero-order chi connectivity index (χ0) is 15.4. The van der Waals surface area contributed by atoms with Crippen molar-refractivity contribution in [3.05, 3.63) is 70.3 Å². The molecule has 0 saturated carbocycles. The summed E-state index contributed by atoms with van der Waals surface area (Å²) in [6.07, 6.45) is 3.53. The highest BCUT2D eigenvalue weighted by Crippen LogP contribution is 2.18. The fraction of sp³-hybridized carbons (Fsp3) is 0.211. The number of allylic oxidation sites excluding steroid dienone is 1. The van der Waals surface area contributed by atoms with E-state index in [9.17, 15) is 4.79 Å². The molecule has 0 unspecified atom stereocenters. The van der Waals surface area contributed by atoms with E-state index >= 15 is 0 Å². The summed E-state index contributed by atoms with van der Waals surface area (Å²) in [5.41, 5.74) is 5.39. The SMILES string of the molecule is COc1ccc(C(=O)C=Cc2c(C)cc(C)cc2C)cc1. The Balaban J connectivity index is 2.22. The maximum atomic E-state index is 12.2. The fourth-order valence-electron chi connectivity index (χ4n) is 2.46. The quantitative estimate of drug-likeness (QED) is 0.608. The van der Waals surface area contributed by atoms with E-state index in [2.05, 4.69) is 32.9 Å². The summed E-state index contributed by atoms with van der Waals surface area (Å²) in [7, 11) is 1.61. The van der Waals surface area contributed by atoms with Crippen molar-refractivity contribution >= 4 is 11.9 Å². The van der Waals surface area contributed by atoms with E-state index in [1.165, 1.54) is 16.7 Å². The van der Waals surface area contributed by atoms with Crippen LogP contribution in [0, 0.1) is 20.8 Å². The van der Waals surface area contributed by atoms with Crippen LogP contribution >= 0.6 is 0 Å². The molecule has 0 spiro atoms. The lowest BCUT2D eigenvalue weighted by atomic mass is 9.98. The van der Waals surface area contributed by atoms with Gasteiger partial charge in [-0.25, -0.2) is 0 Å². The van der Waals surface area contributed by atoms with Gasteiger partial charge in [-0.3, -0.25) is 4.79 Å². The van der Waals surface area contributed by atoms with Crippen LogP contribution in [0.15, 0.2) is 42.5 Å². The third kappa shape index (κ3) is 3.60. The Labute approximate surface area is 126 Å². The average molecular weight is 280 g/mol. The van der Waals surface area contributed by atoms with Crippen molar-refractivity contribution in [2.45, 2.75) is 20.8 Å². The van der Waals surface area contributed by atoms with Crippen molar-refractivity contribution in [1.82, 2.24) is 0 Å². The molecule has 0 saturated heterocycles. The Kier molecular flexibility index (Phi) is 4.59. The Hall–Kier alpha value is -2.35.